The first-order chi connectivity index (χ1) is 7.44. The highest BCUT2D eigenvalue weighted by molar-refractivity contribution is 9.09. The second kappa shape index (κ2) is 5.52. The summed E-state index contributed by atoms with van der Waals surface area (Å²) in [5.74, 6) is -1.72. The van der Waals surface area contributed by atoms with Gasteiger partial charge in [-0.3, -0.25) is 0 Å². The van der Waals surface area contributed by atoms with Crippen LogP contribution in [0.5, 0.6) is 5.75 Å². The summed E-state index contributed by atoms with van der Waals surface area (Å²) in [5, 5.41) is 0.663. The van der Waals surface area contributed by atoms with Crippen LogP contribution in [0.1, 0.15) is 12.0 Å². The molecule has 1 rings (SSSR count). The van der Waals surface area contributed by atoms with Crippen molar-refractivity contribution in [2.24, 2.45) is 0 Å². The number of alkyl halides is 4. The average molecular weight is 301 g/mol. The van der Waals surface area contributed by atoms with Crippen molar-refractivity contribution in [3.05, 3.63) is 29.6 Å². The third-order valence-electron chi connectivity index (χ3n) is 1.85. The van der Waals surface area contributed by atoms with E-state index >= 15 is 0 Å². The maximum atomic E-state index is 13.5. The van der Waals surface area contributed by atoms with Gasteiger partial charge in [0.1, 0.15) is 0 Å². The van der Waals surface area contributed by atoms with Crippen molar-refractivity contribution < 1.29 is 22.3 Å². The predicted octanol–water partition coefficient (Wildman–Crippen LogP) is 4.05. The van der Waals surface area contributed by atoms with E-state index in [0.29, 0.717) is 18.2 Å². The minimum absolute atomic E-state index is 0.223. The lowest BCUT2D eigenvalue weighted by molar-refractivity contribution is -0.275. The largest absolute Gasteiger partial charge is 0.573 e. The summed E-state index contributed by atoms with van der Waals surface area (Å²) in [6, 6.07) is 3.75. The number of hydrogen-bond donors (Lipinski definition) is 0. The first-order valence-electron chi connectivity index (χ1n) is 4.53. The molecule has 0 aliphatic rings. The molecule has 0 N–H and O–H groups in total. The molecule has 16 heavy (non-hydrogen) atoms. The van der Waals surface area contributed by atoms with Crippen LogP contribution < -0.4 is 4.74 Å². The Morgan fingerprint density at radius 3 is 2.50 bits per heavy atom. The van der Waals surface area contributed by atoms with Crippen molar-refractivity contribution in [2.45, 2.75) is 19.2 Å². The van der Waals surface area contributed by atoms with Crippen molar-refractivity contribution in [1.29, 1.82) is 0 Å². The van der Waals surface area contributed by atoms with Crippen LogP contribution in [0.4, 0.5) is 17.6 Å². The smallest absolute Gasteiger partial charge is 0.403 e. The van der Waals surface area contributed by atoms with Gasteiger partial charge in [-0.15, -0.1) is 13.2 Å². The molecule has 0 unspecified atom stereocenters. The first kappa shape index (κ1) is 13.3. The fourth-order valence-corrected chi connectivity index (χ4v) is 1.49. The van der Waals surface area contributed by atoms with Gasteiger partial charge in [-0.2, -0.15) is 0 Å². The van der Waals surface area contributed by atoms with Crippen LogP contribution in [0.3, 0.4) is 0 Å². The molecule has 0 amide bonds. The van der Waals surface area contributed by atoms with Gasteiger partial charge in [0.05, 0.1) is 0 Å². The van der Waals surface area contributed by atoms with Crippen LogP contribution >= 0.6 is 15.9 Å². The van der Waals surface area contributed by atoms with Gasteiger partial charge in [-0.1, -0.05) is 28.1 Å². The third-order valence-corrected chi connectivity index (χ3v) is 2.41. The number of ether oxygens (including phenoxy) is 1. The van der Waals surface area contributed by atoms with E-state index in [4.69, 9.17) is 0 Å². The molecule has 1 nitrogen and oxygen atoms in total. The van der Waals surface area contributed by atoms with Gasteiger partial charge in [0, 0.05) is 5.33 Å². The van der Waals surface area contributed by atoms with Gasteiger partial charge in [-0.05, 0) is 24.5 Å². The second-order valence-corrected chi connectivity index (χ2v) is 3.86. The number of rotatable bonds is 4. The van der Waals surface area contributed by atoms with E-state index in [9.17, 15) is 17.6 Å². The molecule has 0 saturated heterocycles. The van der Waals surface area contributed by atoms with Gasteiger partial charge in [-0.25, -0.2) is 4.39 Å². The molecule has 1 aromatic carbocycles. The summed E-state index contributed by atoms with van der Waals surface area (Å²) >= 11 is 3.17. The molecule has 0 saturated carbocycles. The molecular formula is C10H9BrF4O. The van der Waals surface area contributed by atoms with E-state index in [1.54, 1.807) is 0 Å². The Hall–Kier alpha value is -0.780. The summed E-state index contributed by atoms with van der Waals surface area (Å²) in [7, 11) is 0. The molecule has 0 aliphatic carbocycles. The van der Waals surface area contributed by atoms with Crippen molar-refractivity contribution in [3.63, 3.8) is 0 Å². The summed E-state index contributed by atoms with van der Waals surface area (Å²) in [5.41, 5.74) is 0.223. The minimum atomic E-state index is -4.87. The number of halogens is 5. The van der Waals surface area contributed by atoms with Crippen molar-refractivity contribution in [2.75, 3.05) is 5.33 Å². The third kappa shape index (κ3) is 4.00. The van der Waals surface area contributed by atoms with E-state index in [1.807, 2.05) is 0 Å². The normalized spacial score (nSPS) is 11.6. The van der Waals surface area contributed by atoms with Crippen LogP contribution in [0, 0.1) is 5.82 Å². The lowest BCUT2D eigenvalue weighted by Crippen LogP contribution is -2.18. The van der Waals surface area contributed by atoms with E-state index in [1.165, 1.54) is 12.1 Å². The van der Waals surface area contributed by atoms with Crippen LogP contribution in [0.15, 0.2) is 18.2 Å². The van der Waals surface area contributed by atoms with Crippen LogP contribution in [-0.4, -0.2) is 11.7 Å². The Labute approximate surface area is 98.5 Å². The molecule has 1 aromatic rings. The molecule has 0 fully saturated rings. The monoisotopic (exact) mass is 300 g/mol. The van der Waals surface area contributed by atoms with Gasteiger partial charge >= 0.3 is 6.36 Å². The fraction of sp³-hybridized carbons (Fsp3) is 0.400. The zero-order valence-corrected chi connectivity index (χ0v) is 9.74. The molecule has 6 heteroatoms. The highest BCUT2D eigenvalue weighted by Crippen LogP contribution is 2.27. The van der Waals surface area contributed by atoms with Gasteiger partial charge in [0.2, 0.25) is 0 Å². The number of aryl methyl sites for hydroxylation is 1. The molecule has 0 aromatic heterocycles. The van der Waals surface area contributed by atoms with E-state index < -0.39 is 17.9 Å². The molecule has 90 valence electrons. The summed E-state index contributed by atoms with van der Waals surface area (Å²) in [6.07, 6.45) is -3.85. The molecule has 0 radical (unpaired) electrons. The Balaban J connectivity index is 2.86. The lowest BCUT2D eigenvalue weighted by atomic mass is 10.1. The summed E-state index contributed by atoms with van der Waals surface area (Å²) in [6.45, 7) is 0. The zero-order valence-electron chi connectivity index (χ0n) is 8.15. The summed E-state index contributed by atoms with van der Waals surface area (Å²) in [4.78, 5) is 0. The second-order valence-electron chi connectivity index (χ2n) is 3.07. The predicted molar refractivity (Wildman–Crippen MR) is 55.2 cm³/mol. The Bertz CT molecular complexity index is 351. The number of hydrogen-bond acceptors (Lipinski definition) is 1. The molecule has 0 spiro atoms. The molecule has 0 bridgehead atoms. The minimum Gasteiger partial charge on any atom is -0.403 e. The quantitative estimate of drug-likeness (QED) is 0.602. The van der Waals surface area contributed by atoms with Crippen LogP contribution in [0.25, 0.3) is 0 Å². The van der Waals surface area contributed by atoms with Gasteiger partial charge in [0.15, 0.2) is 11.6 Å². The van der Waals surface area contributed by atoms with E-state index in [0.717, 1.165) is 6.07 Å². The topological polar surface area (TPSA) is 9.23 Å². The average Bonchev–Trinajstić information content (AvgIpc) is 2.17. The van der Waals surface area contributed by atoms with Gasteiger partial charge in [0.25, 0.3) is 0 Å². The molecular weight excluding hydrogens is 292 g/mol. The number of benzene rings is 1. The SMILES string of the molecule is Fc1c(CCCBr)cccc1OC(F)(F)F. The Kier molecular flexibility index (Phi) is 4.58. The standard InChI is InChI=1S/C10H9BrF4O/c11-6-2-4-7-3-1-5-8(9(7)12)16-10(13,14)15/h1,3,5H,2,4,6H2. The maximum Gasteiger partial charge on any atom is 0.573 e. The van der Waals surface area contributed by atoms with E-state index in [-0.39, 0.29) is 5.56 Å². The highest BCUT2D eigenvalue weighted by atomic mass is 79.9. The summed E-state index contributed by atoms with van der Waals surface area (Å²) < 4.78 is 52.8. The van der Waals surface area contributed by atoms with Gasteiger partial charge < -0.3 is 4.74 Å². The highest BCUT2D eigenvalue weighted by Gasteiger charge is 2.32. The van der Waals surface area contributed by atoms with Crippen molar-refractivity contribution >= 4 is 15.9 Å². The lowest BCUT2D eigenvalue weighted by Gasteiger charge is -2.11. The van der Waals surface area contributed by atoms with Crippen LogP contribution in [-0.2, 0) is 6.42 Å². The van der Waals surface area contributed by atoms with Crippen molar-refractivity contribution in [1.82, 2.24) is 0 Å². The van der Waals surface area contributed by atoms with Crippen molar-refractivity contribution in [3.8, 4) is 5.75 Å². The fourth-order valence-electron chi connectivity index (χ4n) is 1.21. The Morgan fingerprint density at radius 1 is 1.25 bits per heavy atom. The zero-order chi connectivity index (χ0) is 12.2. The molecule has 0 aliphatic heterocycles. The maximum absolute atomic E-state index is 13.5. The van der Waals surface area contributed by atoms with E-state index in [2.05, 4.69) is 20.7 Å². The Morgan fingerprint density at radius 2 is 1.94 bits per heavy atom. The molecule has 0 heterocycles. The van der Waals surface area contributed by atoms with Crippen LogP contribution in [0.2, 0.25) is 0 Å². The first-order valence-corrected chi connectivity index (χ1v) is 5.65. The molecule has 0 atom stereocenters.